The Morgan fingerprint density at radius 1 is 0.474 bits per heavy atom. The highest BCUT2D eigenvalue weighted by atomic mass is 79.9. The van der Waals surface area contributed by atoms with Crippen molar-refractivity contribution in [3.8, 4) is 0 Å². The molecule has 0 unspecified atom stereocenters. The van der Waals surface area contributed by atoms with E-state index in [1.165, 1.54) is 0 Å². The average molecular weight is 686 g/mol. The highest BCUT2D eigenvalue weighted by Gasteiger charge is 2.08. The van der Waals surface area contributed by atoms with E-state index in [2.05, 4.69) is 42.5 Å². The maximum atomic E-state index is 6.11. The van der Waals surface area contributed by atoms with E-state index >= 15 is 0 Å². The number of hydrogen-bond donors (Lipinski definition) is 5. The third-order valence-electron chi connectivity index (χ3n) is 4.82. The van der Waals surface area contributed by atoms with Crippen LogP contribution in [-0.2, 0) is 0 Å². The van der Waals surface area contributed by atoms with E-state index in [0.717, 1.165) is 15.8 Å². The van der Waals surface area contributed by atoms with E-state index in [4.69, 9.17) is 70.8 Å². The van der Waals surface area contributed by atoms with E-state index in [-0.39, 0.29) is 0 Å². The molecule has 4 aromatic rings. The fourth-order valence-corrected chi connectivity index (χ4v) is 5.17. The lowest BCUT2D eigenvalue weighted by molar-refractivity contribution is 1.51. The minimum atomic E-state index is 0.351. The highest BCUT2D eigenvalue weighted by Crippen LogP contribution is 2.28. The Balaban J connectivity index is 1.55. The minimum Gasteiger partial charge on any atom is -0.355 e. The smallest absolute Gasteiger partial charge is 0.175 e. The molecule has 0 heterocycles. The summed E-state index contributed by atoms with van der Waals surface area (Å²) >= 11 is 38.9. The molecule has 0 aliphatic carbocycles. The van der Waals surface area contributed by atoms with Gasteiger partial charge in [-0.05, 0) is 103 Å². The summed E-state index contributed by atoms with van der Waals surface area (Å²) in [5.41, 5.74) is 4.42. The molecule has 5 N–H and O–H groups in total. The average Bonchev–Trinajstić information content (AvgIpc) is 2.79. The zero-order chi connectivity index (χ0) is 27.2. The van der Waals surface area contributed by atoms with Gasteiger partial charge in [-0.15, -0.1) is 0 Å². The topological polar surface area (TPSA) is 60.1 Å². The van der Waals surface area contributed by atoms with Gasteiger partial charge in [0.1, 0.15) is 0 Å². The minimum absolute atomic E-state index is 0.351. The van der Waals surface area contributed by atoms with Crippen LogP contribution in [0.4, 0.5) is 34.1 Å². The number of hydrogen-bond acceptors (Lipinski definition) is 3. The van der Waals surface area contributed by atoms with Crippen LogP contribution in [0.1, 0.15) is 0 Å². The van der Waals surface area contributed by atoms with Gasteiger partial charge in [0.15, 0.2) is 10.2 Å². The maximum absolute atomic E-state index is 6.11. The molecule has 0 bridgehead atoms. The predicted octanol–water partition coefficient (Wildman–Crippen LogP) is 10.4. The number of thiocarbonyl (C=S) groups is 2. The van der Waals surface area contributed by atoms with Crippen LogP contribution in [-0.4, -0.2) is 10.2 Å². The number of rotatable bonds is 6. The number of benzene rings is 4. The number of anilines is 6. The molecule has 0 aliphatic heterocycles. The first kappa shape index (κ1) is 28.7. The van der Waals surface area contributed by atoms with Crippen molar-refractivity contribution in [2.24, 2.45) is 0 Å². The van der Waals surface area contributed by atoms with Crippen LogP contribution >= 0.6 is 86.8 Å². The monoisotopic (exact) mass is 683 g/mol. The van der Waals surface area contributed by atoms with Crippen LogP contribution in [0.15, 0.2) is 83.3 Å². The molecular formula is C26H18BrCl4N5S2. The Labute approximate surface area is 259 Å². The van der Waals surface area contributed by atoms with Gasteiger partial charge in [0, 0.05) is 58.7 Å². The van der Waals surface area contributed by atoms with Gasteiger partial charge in [0.25, 0.3) is 0 Å². The van der Waals surface area contributed by atoms with Crippen molar-refractivity contribution >= 4 is 131 Å². The Morgan fingerprint density at radius 3 is 1.21 bits per heavy atom. The molecule has 12 heteroatoms. The quantitative estimate of drug-likeness (QED) is 0.130. The molecule has 4 rings (SSSR count). The van der Waals surface area contributed by atoms with Crippen molar-refractivity contribution in [2.75, 3.05) is 26.6 Å². The first-order chi connectivity index (χ1) is 18.1. The second-order valence-electron chi connectivity index (χ2n) is 7.91. The van der Waals surface area contributed by atoms with Crippen LogP contribution in [0.25, 0.3) is 0 Å². The Hall–Kier alpha value is -2.30. The molecule has 0 fully saturated rings. The summed E-state index contributed by atoms with van der Waals surface area (Å²) in [7, 11) is 0. The molecule has 0 amide bonds. The number of halogens is 5. The van der Waals surface area contributed by atoms with Crippen molar-refractivity contribution in [1.82, 2.24) is 0 Å². The van der Waals surface area contributed by atoms with Gasteiger partial charge in [-0.1, -0.05) is 62.3 Å². The first-order valence-electron chi connectivity index (χ1n) is 10.9. The molecule has 38 heavy (non-hydrogen) atoms. The van der Waals surface area contributed by atoms with E-state index in [0.29, 0.717) is 53.1 Å². The van der Waals surface area contributed by atoms with Crippen LogP contribution in [0.2, 0.25) is 20.1 Å². The third-order valence-corrected chi connectivity index (χ3v) is 6.63. The second-order valence-corrected chi connectivity index (χ2v) is 11.4. The molecule has 0 saturated carbocycles. The van der Waals surface area contributed by atoms with E-state index in [9.17, 15) is 0 Å². The van der Waals surface area contributed by atoms with Crippen molar-refractivity contribution < 1.29 is 0 Å². The lowest BCUT2D eigenvalue weighted by Gasteiger charge is -2.17. The van der Waals surface area contributed by atoms with Crippen molar-refractivity contribution in [3.05, 3.63) is 103 Å². The molecule has 0 aromatic heterocycles. The fraction of sp³-hybridized carbons (Fsp3) is 0. The van der Waals surface area contributed by atoms with Gasteiger partial charge in [-0.3, -0.25) is 0 Å². The summed E-state index contributed by atoms with van der Waals surface area (Å²) in [6.07, 6.45) is 0. The van der Waals surface area contributed by atoms with Crippen molar-refractivity contribution in [1.29, 1.82) is 0 Å². The van der Waals surface area contributed by atoms with Crippen LogP contribution in [0.3, 0.4) is 0 Å². The summed E-state index contributed by atoms with van der Waals surface area (Å²) in [4.78, 5) is 0. The summed E-state index contributed by atoms with van der Waals surface area (Å²) in [5.74, 6) is 0. The lowest BCUT2D eigenvalue weighted by atomic mass is 10.2. The molecule has 5 nitrogen and oxygen atoms in total. The summed E-state index contributed by atoms with van der Waals surface area (Å²) in [6, 6.07) is 23.7. The lowest BCUT2D eigenvalue weighted by Crippen LogP contribution is -2.21. The molecule has 0 radical (unpaired) electrons. The number of nitrogens with one attached hydrogen (secondary N) is 5. The van der Waals surface area contributed by atoms with Gasteiger partial charge in [0.2, 0.25) is 0 Å². The van der Waals surface area contributed by atoms with Gasteiger partial charge in [-0.2, -0.15) is 0 Å². The van der Waals surface area contributed by atoms with Crippen LogP contribution in [0.5, 0.6) is 0 Å². The maximum Gasteiger partial charge on any atom is 0.175 e. The van der Waals surface area contributed by atoms with Gasteiger partial charge >= 0.3 is 0 Å². The molecule has 194 valence electrons. The molecular weight excluding hydrogens is 668 g/mol. The second kappa shape index (κ2) is 13.2. The Morgan fingerprint density at radius 2 is 0.816 bits per heavy atom. The van der Waals surface area contributed by atoms with Gasteiger partial charge < -0.3 is 26.6 Å². The standard InChI is InChI=1S/C26H18BrCl4N5S2/c27-14-1-3-19(4-2-14)32-22-11-23(35-25(37)33-20-7-15(28)5-16(29)8-20)13-24(12-22)36-26(38)34-21-9-17(30)6-18(31)10-21/h1-13,32H,(H2,33,35,37)(H2,34,36,38). The Kier molecular flexibility index (Phi) is 9.95. The van der Waals surface area contributed by atoms with Gasteiger partial charge in [0.05, 0.1) is 0 Å². The van der Waals surface area contributed by atoms with Gasteiger partial charge in [-0.25, -0.2) is 0 Å². The zero-order valence-electron chi connectivity index (χ0n) is 19.2. The first-order valence-corrected chi connectivity index (χ1v) is 14.0. The van der Waals surface area contributed by atoms with Crippen LogP contribution < -0.4 is 26.6 Å². The third kappa shape index (κ3) is 8.88. The van der Waals surface area contributed by atoms with E-state index in [1.807, 2.05) is 42.5 Å². The van der Waals surface area contributed by atoms with E-state index in [1.54, 1.807) is 36.4 Å². The van der Waals surface area contributed by atoms with Crippen molar-refractivity contribution in [2.45, 2.75) is 0 Å². The molecule has 0 spiro atoms. The fourth-order valence-electron chi connectivity index (χ4n) is 3.38. The zero-order valence-corrected chi connectivity index (χ0v) is 25.5. The Bertz CT molecular complexity index is 1380. The molecule has 0 saturated heterocycles. The normalized spacial score (nSPS) is 10.4. The van der Waals surface area contributed by atoms with Crippen LogP contribution in [0, 0.1) is 0 Å². The predicted molar refractivity (Wildman–Crippen MR) is 176 cm³/mol. The van der Waals surface area contributed by atoms with Crippen molar-refractivity contribution in [3.63, 3.8) is 0 Å². The summed E-state index contributed by atoms with van der Waals surface area (Å²) in [6.45, 7) is 0. The summed E-state index contributed by atoms with van der Waals surface area (Å²) in [5, 5.41) is 18.6. The molecule has 4 aromatic carbocycles. The molecule has 0 atom stereocenters. The summed E-state index contributed by atoms with van der Waals surface area (Å²) < 4.78 is 0.982. The highest BCUT2D eigenvalue weighted by molar-refractivity contribution is 9.10. The largest absolute Gasteiger partial charge is 0.355 e. The SMILES string of the molecule is S=C(Nc1cc(Cl)cc(Cl)c1)Nc1cc(NC(=S)Nc2cc(Cl)cc(Cl)c2)cc(Nc2ccc(Br)cc2)c1. The molecule has 0 aliphatic rings. The van der Waals surface area contributed by atoms with E-state index < -0.39 is 0 Å².